The number of ketones is 1. The van der Waals surface area contributed by atoms with Gasteiger partial charge in [-0.05, 0) is 13.8 Å². The molecule has 0 radical (unpaired) electrons. The number of aliphatic hydroxyl groups is 1. The van der Waals surface area contributed by atoms with Crippen LogP contribution >= 0.6 is 11.8 Å². The van der Waals surface area contributed by atoms with Crippen molar-refractivity contribution < 1.29 is 9.90 Å². The Labute approximate surface area is 113 Å². The maximum Gasteiger partial charge on any atom is 0.264 e. The molecule has 0 aliphatic heterocycles. The third-order valence-corrected chi connectivity index (χ3v) is 3.68. The van der Waals surface area contributed by atoms with Gasteiger partial charge in [0.1, 0.15) is 5.78 Å². The van der Waals surface area contributed by atoms with Crippen LogP contribution in [-0.2, 0) is 11.2 Å². The molecule has 2 N–H and O–H groups in total. The first-order valence-electron chi connectivity index (χ1n) is 5.74. The van der Waals surface area contributed by atoms with Crippen LogP contribution in [0.5, 0.6) is 0 Å². The second-order valence-corrected chi connectivity index (χ2v) is 5.05. The van der Waals surface area contributed by atoms with Crippen molar-refractivity contribution >= 4 is 23.3 Å². The average molecular weight is 282 g/mol. The third kappa shape index (κ3) is 2.69. The van der Waals surface area contributed by atoms with Crippen LogP contribution in [0.15, 0.2) is 9.95 Å². The Morgan fingerprint density at radius 3 is 2.89 bits per heavy atom. The summed E-state index contributed by atoms with van der Waals surface area (Å²) >= 11 is 1.18. The Morgan fingerprint density at radius 1 is 1.53 bits per heavy atom. The smallest absolute Gasteiger partial charge is 0.264 e. The van der Waals surface area contributed by atoms with Gasteiger partial charge < -0.3 is 5.11 Å². The third-order valence-electron chi connectivity index (χ3n) is 2.59. The van der Waals surface area contributed by atoms with E-state index in [9.17, 15) is 9.59 Å². The van der Waals surface area contributed by atoms with E-state index in [2.05, 4.69) is 15.2 Å². The number of Topliss-reactive ketones (excluding diaryl/α,β-unsaturated/α-hetero) is 1. The number of aromatic nitrogens is 4. The van der Waals surface area contributed by atoms with E-state index in [0.717, 1.165) is 0 Å². The number of rotatable bonds is 5. The van der Waals surface area contributed by atoms with Gasteiger partial charge in [-0.3, -0.25) is 9.59 Å². The van der Waals surface area contributed by atoms with Crippen LogP contribution in [-0.4, -0.2) is 42.8 Å². The molecule has 2 heterocycles. The number of hydrogen-bond donors (Lipinski definition) is 2. The highest BCUT2D eigenvalue weighted by Crippen LogP contribution is 2.15. The van der Waals surface area contributed by atoms with Crippen LogP contribution in [0.1, 0.15) is 18.2 Å². The monoisotopic (exact) mass is 282 g/mol. The summed E-state index contributed by atoms with van der Waals surface area (Å²) in [7, 11) is 0. The van der Waals surface area contributed by atoms with Gasteiger partial charge in [0.2, 0.25) is 5.78 Å². The molecule has 0 amide bonds. The largest absolute Gasteiger partial charge is 0.396 e. The molecular formula is C11H14N4O3S. The maximum absolute atomic E-state index is 12.3. The van der Waals surface area contributed by atoms with Crippen molar-refractivity contribution in [3.05, 3.63) is 21.6 Å². The molecule has 0 atom stereocenters. The molecule has 0 bridgehead atoms. The van der Waals surface area contributed by atoms with Gasteiger partial charge in [0.05, 0.1) is 11.4 Å². The Hall–Kier alpha value is -1.67. The lowest BCUT2D eigenvalue weighted by Gasteiger charge is -2.04. The predicted octanol–water partition coefficient (Wildman–Crippen LogP) is -0.0581. The second-order valence-electron chi connectivity index (χ2n) is 4.11. The topological polar surface area (TPSA) is 100 Å². The maximum atomic E-state index is 12.3. The lowest BCUT2D eigenvalue weighted by molar-refractivity contribution is -0.114. The van der Waals surface area contributed by atoms with E-state index < -0.39 is 0 Å². The van der Waals surface area contributed by atoms with Gasteiger partial charge in [-0.2, -0.15) is 0 Å². The number of hydrogen-bond acceptors (Lipinski definition) is 6. The Balaban J connectivity index is 2.54. The van der Waals surface area contributed by atoms with Crippen LogP contribution in [0.4, 0.5) is 0 Å². The molecule has 2 rings (SSSR count). The van der Waals surface area contributed by atoms with E-state index in [1.165, 1.54) is 23.1 Å². The lowest BCUT2D eigenvalue weighted by Crippen LogP contribution is -2.22. The fraction of sp³-hybridized carbons (Fsp3) is 0.455. The van der Waals surface area contributed by atoms with E-state index in [0.29, 0.717) is 22.2 Å². The number of aryl methyl sites for hydroxylation is 1. The summed E-state index contributed by atoms with van der Waals surface area (Å²) in [6, 6.07) is 0. The molecule has 0 spiro atoms. The minimum atomic E-state index is -0.253. The number of carbonyl (C=O) groups is 1. The highest BCUT2D eigenvalue weighted by Gasteiger charge is 2.15. The zero-order chi connectivity index (χ0) is 14.0. The van der Waals surface area contributed by atoms with Crippen molar-refractivity contribution in [1.82, 2.24) is 19.6 Å². The van der Waals surface area contributed by atoms with Gasteiger partial charge in [0.25, 0.3) is 5.56 Å². The van der Waals surface area contributed by atoms with E-state index in [1.807, 2.05) is 0 Å². The fourth-order valence-electron chi connectivity index (χ4n) is 1.73. The zero-order valence-electron chi connectivity index (χ0n) is 10.6. The number of aliphatic hydroxyl groups excluding tert-OH is 1. The molecule has 0 aromatic carbocycles. The van der Waals surface area contributed by atoms with Gasteiger partial charge in [0.15, 0.2) is 5.16 Å². The molecule has 8 heteroatoms. The van der Waals surface area contributed by atoms with E-state index >= 15 is 0 Å². The van der Waals surface area contributed by atoms with E-state index in [-0.39, 0.29) is 30.1 Å². The Kier molecular flexibility index (Phi) is 4.01. The molecule has 0 aliphatic rings. The summed E-state index contributed by atoms with van der Waals surface area (Å²) < 4.78 is 1.34. The van der Waals surface area contributed by atoms with Gasteiger partial charge in [0, 0.05) is 18.6 Å². The van der Waals surface area contributed by atoms with Crippen molar-refractivity contribution in [2.75, 3.05) is 12.4 Å². The molecule has 102 valence electrons. The molecular weight excluding hydrogens is 268 g/mol. The molecule has 0 aliphatic carbocycles. The summed E-state index contributed by atoms with van der Waals surface area (Å²) in [4.78, 5) is 27.5. The minimum Gasteiger partial charge on any atom is -0.396 e. The van der Waals surface area contributed by atoms with Crippen molar-refractivity contribution in [2.24, 2.45) is 0 Å². The van der Waals surface area contributed by atoms with Crippen LogP contribution < -0.4 is 5.56 Å². The summed E-state index contributed by atoms with van der Waals surface area (Å²) in [5.74, 6) is 0.593. The Morgan fingerprint density at radius 2 is 2.26 bits per heavy atom. The molecule has 0 unspecified atom stereocenters. The number of H-pyrrole nitrogens is 1. The summed E-state index contributed by atoms with van der Waals surface area (Å²) in [5, 5.41) is 16.1. The van der Waals surface area contributed by atoms with Crippen LogP contribution in [0.25, 0.3) is 5.78 Å². The summed E-state index contributed by atoms with van der Waals surface area (Å²) in [6.07, 6.45) is 0.253. The van der Waals surface area contributed by atoms with Crippen molar-refractivity contribution in [3.8, 4) is 0 Å². The first-order chi connectivity index (χ1) is 9.04. The number of aromatic amines is 1. The normalized spacial score (nSPS) is 11.1. The van der Waals surface area contributed by atoms with Gasteiger partial charge in [-0.25, -0.2) is 14.5 Å². The highest BCUT2D eigenvalue weighted by atomic mass is 32.2. The number of nitrogens with zero attached hydrogens (tertiary/aromatic N) is 3. The molecule has 2 aromatic rings. The van der Waals surface area contributed by atoms with Crippen LogP contribution in [0.2, 0.25) is 0 Å². The van der Waals surface area contributed by atoms with Crippen LogP contribution in [0.3, 0.4) is 0 Å². The van der Waals surface area contributed by atoms with Gasteiger partial charge in [-0.15, -0.1) is 5.10 Å². The Bertz CT molecular complexity index is 676. The van der Waals surface area contributed by atoms with Crippen molar-refractivity contribution in [2.45, 2.75) is 25.4 Å². The molecule has 0 saturated carbocycles. The fourth-order valence-corrected chi connectivity index (χ4v) is 2.47. The quantitative estimate of drug-likeness (QED) is 0.745. The zero-order valence-corrected chi connectivity index (χ0v) is 11.5. The highest BCUT2D eigenvalue weighted by molar-refractivity contribution is 7.99. The van der Waals surface area contributed by atoms with E-state index in [4.69, 9.17) is 5.11 Å². The first-order valence-corrected chi connectivity index (χ1v) is 6.73. The van der Waals surface area contributed by atoms with Crippen molar-refractivity contribution in [1.29, 1.82) is 0 Å². The first kappa shape index (κ1) is 13.8. The predicted molar refractivity (Wildman–Crippen MR) is 70.5 cm³/mol. The number of thioether (sulfide) groups is 1. The SMILES string of the molecule is CC(=O)CSc1n[nH]c2nc(C)c(CCO)c(=O)n12. The molecule has 7 nitrogen and oxygen atoms in total. The molecule has 19 heavy (non-hydrogen) atoms. The minimum absolute atomic E-state index is 0.00449. The number of fused-ring (bicyclic) bond motifs is 1. The average Bonchev–Trinajstić information content (AvgIpc) is 2.75. The number of carbonyl (C=O) groups excluding carboxylic acids is 1. The second kappa shape index (κ2) is 5.54. The molecule has 2 aromatic heterocycles. The van der Waals surface area contributed by atoms with Crippen LogP contribution in [0, 0.1) is 6.92 Å². The summed E-state index contributed by atoms with van der Waals surface area (Å²) in [5.41, 5.74) is 0.785. The van der Waals surface area contributed by atoms with Crippen molar-refractivity contribution in [3.63, 3.8) is 0 Å². The summed E-state index contributed by atoms with van der Waals surface area (Å²) in [6.45, 7) is 3.08. The molecule has 0 saturated heterocycles. The van der Waals surface area contributed by atoms with Gasteiger partial charge in [-0.1, -0.05) is 11.8 Å². The molecule has 0 fully saturated rings. The standard InChI is InChI=1S/C11H14N4O3S/c1-6(17)5-19-11-14-13-10-12-7(2)8(3-4-16)9(18)15(10)11/h16H,3-5H2,1-2H3,(H,12,13). The number of nitrogens with one attached hydrogen (secondary N) is 1. The van der Waals surface area contributed by atoms with Gasteiger partial charge >= 0.3 is 0 Å². The van der Waals surface area contributed by atoms with E-state index in [1.54, 1.807) is 6.92 Å². The lowest BCUT2D eigenvalue weighted by atomic mass is 10.2.